The van der Waals surface area contributed by atoms with Gasteiger partial charge < -0.3 is 9.64 Å². The molecule has 1 saturated heterocycles. The van der Waals surface area contributed by atoms with Gasteiger partial charge in [0.1, 0.15) is 11.6 Å². The molecule has 6 heteroatoms. The molecule has 0 bridgehead atoms. The predicted molar refractivity (Wildman–Crippen MR) is 153 cm³/mol. The molecule has 202 valence electrons. The highest BCUT2D eigenvalue weighted by Crippen LogP contribution is 2.23. The normalized spacial score (nSPS) is 15.6. The fraction of sp³-hybridized carbons (Fsp3) is 0.333. The minimum Gasteiger partial charge on any atom is -0.494 e. The number of fused-ring (bicyclic) bond motifs is 1. The highest BCUT2D eigenvalue weighted by molar-refractivity contribution is 5.81. The average Bonchev–Trinajstić information content (AvgIpc) is 2.95. The number of rotatable bonds is 10. The van der Waals surface area contributed by atoms with Gasteiger partial charge in [-0.25, -0.2) is 4.39 Å². The summed E-state index contributed by atoms with van der Waals surface area (Å²) in [4.78, 5) is 21.9. The van der Waals surface area contributed by atoms with Gasteiger partial charge in [0, 0.05) is 43.7 Å². The first-order valence-corrected chi connectivity index (χ1v) is 13.8. The lowest BCUT2D eigenvalue weighted by Gasteiger charge is -2.36. The van der Waals surface area contributed by atoms with Crippen LogP contribution in [0.1, 0.15) is 42.4 Å². The van der Waals surface area contributed by atoms with Gasteiger partial charge in [-0.05, 0) is 73.3 Å². The van der Waals surface area contributed by atoms with Crippen molar-refractivity contribution in [2.75, 3.05) is 20.2 Å². The van der Waals surface area contributed by atoms with Crippen LogP contribution in [-0.2, 0) is 24.3 Å². The third kappa shape index (κ3) is 7.21. The zero-order valence-corrected chi connectivity index (χ0v) is 22.6. The monoisotopic (exact) mass is 525 g/mol. The van der Waals surface area contributed by atoms with Gasteiger partial charge in [0.05, 0.1) is 18.5 Å². The molecule has 5 rings (SSSR count). The lowest BCUT2D eigenvalue weighted by atomic mass is 9.98. The second kappa shape index (κ2) is 12.9. The molecule has 0 radical (unpaired) electrons. The van der Waals surface area contributed by atoms with Crippen molar-refractivity contribution < 1.29 is 13.9 Å². The van der Waals surface area contributed by atoms with E-state index in [4.69, 9.17) is 4.74 Å². The number of halogens is 1. The zero-order chi connectivity index (χ0) is 27.0. The van der Waals surface area contributed by atoms with E-state index in [2.05, 4.69) is 53.3 Å². The van der Waals surface area contributed by atoms with Gasteiger partial charge in [0.2, 0.25) is 5.91 Å². The van der Waals surface area contributed by atoms with E-state index in [1.54, 1.807) is 12.1 Å². The van der Waals surface area contributed by atoms with Crippen LogP contribution in [0, 0.1) is 5.82 Å². The minimum atomic E-state index is -0.281. The van der Waals surface area contributed by atoms with E-state index < -0.39 is 0 Å². The number of carbonyl (C=O) groups excluding carboxylic acids is 1. The van der Waals surface area contributed by atoms with Gasteiger partial charge in [-0.15, -0.1) is 0 Å². The smallest absolute Gasteiger partial charge is 0.227 e. The van der Waals surface area contributed by atoms with Crippen molar-refractivity contribution in [3.8, 4) is 5.75 Å². The number of nitrogens with zero attached hydrogens (tertiary/aromatic N) is 3. The van der Waals surface area contributed by atoms with E-state index in [0.717, 1.165) is 67.5 Å². The number of aromatic nitrogens is 1. The molecule has 0 aliphatic carbocycles. The lowest BCUT2D eigenvalue weighted by Crippen LogP contribution is -2.45. The molecule has 1 unspecified atom stereocenters. The number of amides is 1. The molecule has 0 spiro atoms. The number of benzene rings is 3. The van der Waals surface area contributed by atoms with Crippen molar-refractivity contribution in [3.05, 3.63) is 108 Å². The quantitative estimate of drug-likeness (QED) is 0.240. The third-order valence-corrected chi connectivity index (χ3v) is 7.44. The molecule has 1 aliphatic rings. The van der Waals surface area contributed by atoms with Crippen LogP contribution < -0.4 is 4.74 Å². The SMILES string of the molecule is CN(Cc1cccc(OCCC2CCCCN2C(=O)Cc2ccc(F)cc2)c1)Cc1cccc2cccnc12. The third-order valence-electron chi connectivity index (χ3n) is 7.44. The maximum Gasteiger partial charge on any atom is 0.227 e. The highest BCUT2D eigenvalue weighted by atomic mass is 19.1. The van der Waals surface area contributed by atoms with Gasteiger partial charge in [0.15, 0.2) is 0 Å². The number of ether oxygens (including phenoxy) is 1. The fourth-order valence-corrected chi connectivity index (χ4v) is 5.51. The Balaban J connectivity index is 1.13. The Morgan fingerprint density at radius 3 is 2.69 bits per heavy atom. The number of likely N-dealkylation sites (tertiary alicyclic amines) is 1. The van der Waals surface area contributed by atoms with Crippen molar-refractivity contribution in [1.82, 2.24) is 14.8 Å². The molecule has 0 saturated carbocycles. The van der Waals surface area contributed by atoms with Gasteiger partial charge in [-0.1, -0.05) is 48.5 Å². The molecule has 1 aromatic heterocycles. The second-order valence-electron chi connectivity index (χ2n) is 10.5. The van der Waals surface area contributed by atoms with Crippen LogP contribution in [0.4, 0.5) is 4.39 Å². The predicted octanol–water partition coefficient (Wildman–Crippen LogP) is 6.40. The maximum atomic E-state index is 13.2. The highest BCUT2D eigenvalue weighted by Gasteiger charge is 2.26. The van der Waals surface area contributed by atoms with Crippen LogP contribution in [0.15, 0.2) is 85.1 Å². The first-order valence-electron chi connectivity index (χ1n) is 13.8. The van der Waals surface area contributed by atoms with E-state index in [1.165, 1.54) is 23.3 Å². The van der Waals surface area contributed by atoms with Crippen LogP contribution in [0.25, 0.3) is 10.9 Å². The Morgan fingerprint density at radius 1 is 1.00 bits per heavy atom. The Hall–Kier alpha value is -3.77. The van der Waals surface area contributed by atoms with E-state index in [0.29, 0.717) is 13.0 Å². The molecule has 2 heterocycles. The Morgan fingerprint density at radius 2 is 1.82 bits per heavy atom. The van der Waals surface area contributed by atoms with Crippen LogP contribution in [0.5, 0.6) is 5.75 Å². The van der Waals surface area contributed by atoms with Gasteiger partial charge in [-0.3, -0.25) is 14.7 Å². The molecule has 1 amide bonds. The Bertz CT molecular complexity index is 1390. The van der Waals surface area contributed by atoms with E-state index >= 15 is 0 Å². The summed E-state index contributed by atoms with van der Waals surface area (Å²) in [6.07, 6.45) is 6.10. The number of hydrogen-bond acceptors (Lipinski definition) is 4. The number of carbonyl (C=O) groups is 1. The van der Waals surface area contributed by atoms with E-state index in [-0.39, 0.29) is 17.8 Å². The summed E-state index contributed by atoms with van der Waals surface area (Å²) in [6, 6.07) is 25.1. The summed E-state index contributed by atoms with van der Waals surface area (Å²) in [6.45, 7) is 2.95. The molecule has 1 atom stereocenters. The average molecular weight is 526 g/mol. The second-order valence-corrected chi connectivity index (χ2v) is 10.5. The Kier molecular flexibility index (Phi) is 8.84. The van der Waals surface area contributed by atoms with Crippen molar-refractivity contribution in [2.45, 2.75) is 51.2 Å². The van der Waals surface area contributed by atoms with E-state index in [9.17, 15) is 9.18 Å². The minimum absolute atomic E-state index is 0.109. The van der Waals surface area contributed by atoms with Crippen LogP contribution >= 0.6 is 0 Å². The van der Waals surface area contributed by atoms with Crippen molar-refractivity contribution in [3.63, 3.8) is 0 Å². The Labute approximate surface area is 230 Å². The summed E-state index contributed by atoms with van der Waals surface area (Å²) in [5.41, 5.74) is 4.31. The van der Waals surface area contributed by atoms with Crippen molar-refractivity contribution >= 4 is 16.8 Å². The molecular weight excluding hydrogens is 489 g/mol. The number of piperidine rings is 1. The fourth-order valence-electron chi connectivity index (χ4n) is 5.51. The topological polar surface area (TPSA) is 45.7 Å². The molecule has 4 aromatic rings. The van der Waals surface area contributed by atoms with Crippen LogP contribution in [0.3, 0.4) is 0 Å². The summed E-state index contributed by atoms with van der Waals surface area (Å²) < 4.78 is 19.4. The molecule has 1 aliphatic heterocycles. The number of para-hydroxylation sites is 1. The van der Waals surface area contributed by atoms with Gasteiger partial charge in [-0.2, -0.15) is 0 Å². The molecule has 3 aromatic carbocycles. The molecule has 39 heavy (non-hydrogen) atoms. The molecule has 0 N–H and O–H groups in total. The van der Waals surface area contributed by atoms with Crippen molar-refractivity contribution in [2.24, 2.45) is 0 Å². The van der Waals surface area contributed by atoms with Gasteiger partial charge in [0.25, 0.3) is 0 Å². The first-order chi connectivity index (χ1) is 19.0. The van der Waals surface area contributed by atoms with Crippen LogP contribution in [-0.4, -0.2) is 46.9 Å². The summed E-state index contributed by atoms with van der Waals surface area (Å²) in [7, 11) is 2.12. The van der Waals surface area contributed by atoms with Crippen molar-refractivity contribution in [1.29, 1.82) is 0 Å². The summed E-state index contributed by atoms with van der Waals surface area (Å²) >= 11 is 0. The number of pyridine rings is 1. The maximum absolute atomic E-state index is 13.2. The summed E-state index contributed by atoms with van der Waals surface area (Å²) in [5, 5.41) is 1.16. The van der Waals surface area contributed by atoms with E-state index in [1.807, 2.05) is 29.3 Å². The number of hydrogen-bond donors (Lipinski definition) is 0. The summed E-state index contributed by atoms with van der Waals surface area (Å²) in [5.74, 6) is 0.683. The largest absolute Gasteiger partial charge is 0.494 e. The molecular formula is C33H36FN3O2. The van der Waals surface area contributed by atoms with Crippen LogP contribution in [0.2, 0.25) is 0 Å². The first kappa shape index (κ1) is 26.8. The standard InChI is InChI=1S/C33H36FN3O2/c1-36(24-28-9-5-8-27-10-6-18-35-33(27)28)23-26-7-4-12-31(21-26)39-20-17-30-11-2-3-19-37(30)32(38)22-25-13-15-29(34)16-14-25/h4-10,12-16,18,21,30H,2-3,11,17,19-20,22-24H2,1H3. The van der Waals surface area contributed by atoms with Gasteiger partial charge >= 0.3 is 0 Å². The lowest BCUT2D eigenvalue weighted by molar-refractivity contribution is -0.134. The zero-order valence-electron chi connectivity index (χ0n) is 22.6. The molecule has 1 fully saturated rings. The molecule has 5 nitrogen and oxygen atoms in total.